The van der Waals surface area contributed by atoms with Crippen molar-refractivity contribution in [1.82, 2.24) is 10.3 Å². The van der Waals surface area contributed by atoms with E-state index in [9.17, 15) is 0 Å². The summed E-state index contributed by atoms with van der Waals surface area (Å²) in [5.74, 6) is 1.27. The predicted molar refractivity (Wildman–Crippen MR) is 85.5 cm³/mol. The Morgan fingerprint density at radius 2 is 2.15 bits per heavy atom. The van der Waals surface area contributed by atoms with Crippen LogP contribution in [0.5, 0.6) is 11.6 Å². The van der Waals surface area contributed by atoms with Crippen LogP contribution < -0.4 is 10.1 Å². The van der Waals surface area contributed by atoms with Gasteiger partial charge >= 0.3 is 0 Å². The molecule has 0 radical (unpaired) electrons. The van der Waals surface area contributed by atoms with Crippen LogP contribution in [0.1, 0.15) is 18.9 Å². The van der Waals surface area contributed by atoms with Crippen LogP contribution in [0.4, 0.5) is 0 Å². The quantitative estimate of drug-likeness (QED) is 0.757. The van der Waals surface area contributed by atoms with Gasteiger partial charge in [0.2, 0.25) is 5.88 Å². The predicted octanol–water partition coefficient (Wildman–Crippen LogP) is 4.79. The minimum atomic E-state index is 0.537. The van der Waals surface area contributed by atoms with Gasteiger partial charge in [0.1, 0.15) is 5.75 Å². The molecule has 0 saturated heterocycles. The number of nitrogens with zero attached hydrogens (tertiary/aromatic N) is 1. The highest BCUT2D eigenvalue weighted by Crippen LogP contribution is 2.29. The van der Waals surface area contributed by atoms with Gasteiger partial charge in [0.05, 0.1) is 9.50 Å². The van der Waals surface area contributed by atoms with E-state index in [1.807, 2.05) is 30.3 Å². The van der Waals surface area contributed by atoms with Gasteiger partial charge < -0.3 is 10.1 Å². The molecule has 0 saturated carbocycles. The summed E-state index contributed by atoms with van der Waals surface area (Å²) in [5.41, 5.74) is 0.983. The summed E-state index contributed by atoms with van der Waals surface area (Å²) in [7, 11) is 0. The number of rotatable bonds is 6. The topological polar surface area (TPSA) is 34.1 Å². The summed E-state index contributed by atoms with van der Waals surface area (Å²) >= 11 is 9.59. The molecule has 1 aromatic heterocycles. The van der Waals surface area contributed by atoms with Crippen molar-refractivity contribution in [3.63, 3.8) is 0 Å². The molecule has 1 N–H and O–H groups in total. The molecule has 1 aromatic carbocycles. The Kier molecular flexibility index (Phi) is 5.83. The van der Waals surface area contributed by atoms with Crippen molar-refractivity contribution in [2.24, 2.45) is 0 Å². The lowest BCUT2D eigenvalue weighted by molar-refractivity contribution is 0.459. The molecule has 3 nitrogen and oxygen atoms in total. The SMILES string of the molecule is CCCNCc1cc(Oc2ccccc2Br)ncc1Cl. The van der Waals surface area contributed by atoms with E-state index in [-0.39, 0.29) is 0 Å². The van der Waals surface area contributed by atoms with Crippen LogP contribution in [-0.4, -0.2) is 11.5 Å². The standard InChI is InChI=1S/C15H16BrClN2O/c1-2-7-18-9-11-8-15(19-10-13(11)17)20-14-6-4-3-5-12(14)16/h3-6,8,10,18H,2,7,9H2,1H3. The molecule has 106 valence electrons. The molecule has 0 aliphatic heterocycles. The van der Waals surface area contributed by atoms with E-state index in [4.69, 9.17) is 16.3 Å². The number of hydrogen-bond donors (Lipinski definition) is 1. The van der Waals surface area contributed by atoms with Crippen molar-refractivity contribution in [3.05, 3.63) is 51.6 Å². The van der Waals surface area contributed by atoms with E-state index in [0.29, 0.717) is 17.4 Å². The van der Waals surface area contributed by atoms with Gasteiger partial charge in [-0.1, -0.05) is 30.7 Å². The lowest BCUT2D eigenvalue weighted by Crippen LogP contribution is -2.14. The van der Waals surface area contributed by atoms with Gasteiger partial charge in [-0.2, -0.15) is 0 Å². The minimum absolute atomic E-state index is 0.537. The van der Waals surface area contributed by atoms with Gasteiger partial charge in [-0.05, 0) is 46.6 Å². The third-order valence-corrected chi connectivity index (χ3v) is 3.70. The maximum absolute atomic E-state index is 6.14. The second-order valence-corrected chi connectivity index (χ2v) is 5.58. The van der Waals surface area contributed by atoms with Gasteiger partial charge in [-0.25, -0.2) is 4.98 Å². The zero-order chi connectivity index (χ0) is 14.4. The van der Waals surface area contributed by atoms with E-state index in [0.717, 1.165) is 28.8 Å². The highest BCUT2D eigenvalue weighted by molar-refractivity contribution is 9.10. The van der Waals surface area contributed by atoms with Gasteiger partial charge in [-0.15, -0.1) is 0 Å². The van der Waals surface area contributed by atoms with Crippen molar-refractivity contribution in [3.8, 4) is 11.6 Å². The Morgan fingerprint density at radius 3 is 2.90 bits per heavy atom. The molecule has 20 heavy (non-hydrogen) atoms. The molecule has 2 aromatic rings. The fourth-order valence-electron chi connectivity index (χ4n) is 1.69. The van der Waals surface area contributed by atoms with Crippen LogP contribution in [0.25, 0.3) is 0 Å². The van der Waals surface area contributed by atoms with Gasteiger partial charge in [0.15, 0.2) is 0 Å². The second kappa shape index (κ2) is 7.62. The molecule has 0 unspecified atom stereocenters. The zero-order valence-corrected chi connectivity index (χ0v) is 13.5. The van der Waals surface area contributed by atoms with Crippen LogP contribution in [0.2, 0.25) is 5.02 Å². The third kappa shape index (κ3) is 4.20. The van der Waals surface area contributed by atoms with Crippen molar-refractivity contribution < 1.29 is 4.74 Å². The number of pyridine rings is 1. The van der Waals surface area contributed by atoms with Crippen LogP contribution in [0.15, 0.2) is 41.0 Å². The molecule has 0 amide bonds. The van der Waals surface area contributed by atoms with Crippen molar-refractivity contribution in [1.29, 1.82) is 0 Å². The first-order valence-corrected chi connectivity index (χ1v) is 7.65. The zero-order valence-electron chi connectivity index (χ0n) is 11.2. The van der Waals surface area contributed by atoms with Gasteiger partial charge in [0.25, 0.3) is 0 Å². The van der Waals surface area contributed by atoms with E-state index in [1.165, 1.54) is 0 Å². The Hall–Kier alpha value is -1.10. The van der Waals surface area contributed by atoms with E-state index in [2.05, 4.69) is 33.2 Å². The van der Waals surface area contributed by atoms with Crippen molar-refractivity contribution >= 4 is 27.5 Å². The Bertz CT molecular complexity index is 578. The summed E-state index contributed by atoms with van der Waals surface area (Å²) in [6.07, 6.45) is 2.71. The van der Waals surface area contributed by atoms with Crippen molar-refractivity contribution in [2.45, 2.75) is 19.9 Å². The van der Waals surface area contributed by atoms with Crippen LogP contribution in [0.3, 0.4) is 0 Å². The highest BCUT2D eigenvalue weighted by Gasteiger charge is 2.07. The smallest absolute Gasteiger partial charge is 0.219 e. The Morgan fingerprint density at radius 1 is 1.35 bits per heavy atom. The third-order valence-electron chi connectivity index (χ3n) is 2.70. The van der Waals surface area contributed by atoms with Crippen LogP contribution in [0, 0.1) is 0 Å². The number of para-hydroxylation sites is 1. The molecular formula is C15H16BrClN2O. The molecule has 1 heterocycles. The molecule has 0 atom stereocenters. The molecule has 0 aliphatic rings. The molecular weight excluding hydrogens is 340 g/mol. The molecule has 0 aliphatic carbocycles. The average Bonchev–Trinajstić information content (AvgIpc) is 2.45. The fourth-order valence-corrected chi connectivity index (χ4v) is 2.23. The maximum Gasteiger partial charge on any atom is 0.219 e. The minimum Gasteiger partial charge on any atom is -0.438 e. The second-order valence-electron chi connectivity index (χ2n) is 4.32. The summed E-state index contributed by atoms with van der Waals surface area (Å²) in [5, 5.41) is 3.96. The molecule has 2 rings (SSSR count). The van der Waals surface area contributed by atoms with E-state index >= 15 is 0 Å². The van der Waals surface area contributed by atoms with E-state index < -0.39 is 0 Å². The summed E-state index contributed by atoms with van der Waals surface area (Å²) in [6.45, 7) is 3.79. The first-order valence-electron chi connectivity index (χ1n) is 6.48. The number of halogens is 2. The van der Waals surface area contributed by atoms with Gasteiger partial charge in [0, 0.05) is 18.8 Å². The molecule has 0 fully saturated rings. The molecule has 0 bridgehead atoms. The number of ether oxygens (including phenoxy) is 1. The van der Waals surface area contributed by atoms with Crippen molar-refractivity contribution in [2.75, 3.05) is 6.54 Å². The average molecular weight is 356 g/mol. The Labute approximate surface area is 132 Å². The number of benzene rings is 1. The summed E-state index contributed by atoms with van der Waals surface area (Å²) in [4.78, 5) is 4.20. The number of nitrogens with one attached hydrogen (secondary N) is 1. The summed E-state index contributed by atoms with van der Waals surface area (Å²) in [6, 6.07) is 9.53. The van der Waals surface area contributed by atoms with Crippen LogP contribution in [-0.2, 0) is 6.54 Å². The monoisotopic (exact) mass is 354 g/mol. The normalized spacial score (nSPS) is 10.6. The number of hydrogen-bond acceptors (Lipinski definition) is 3. The van der Waals surface area contributed by atoms with Gasteiger partial charge in [-0.3, -0.25) is 0 Å². The first-order chi connectivity index (χ1) is 9.70. The molecule has 0 spiro atoms. The summed E-state index contributed by atoms with van der Waals surface area (Å²) < 4.78 is 6.66. The number of aromatic nitrogens is 1. The lowest BCUT2D eigenvalue weighted by Gasteiger charge is -2.10. The van der Waals surface area contributed by atoms with Crippen LogP contribution >= 0.6 is 27.5 Å². The fraction of sp³-hybridized carbons (Fsp3) is 0.267. The largest absolute Gasteiger partial charge is 0.438 e. The Balaban J connectivity index is 2.13. The lowest BCUT2D eigenvalue weighted by atomic mass is 10.2. The highest BCUT2D eigenvalue weighted by atomic mass is 79.9. The first kappa shape index (κ1) is 15.3. The molecule has 5 heteroatoms. The van der Waals surface area contributed by atoms with E-state index in [1.54, 1.807) is 6.20 Å². The maximum atomic E-state index is 6.14.